The first kappa shape index (κ1) is 26.7. The fraction of sp³-hybridized carbons (Fsp3) is 0.184. The summed E-state index contributed by atoms with van der Waals surface area (Å²) in [6.45, 7) is 0. The lowest BCUT2D eigenvalue weighted by Gasteiger charge is -2.35. The molecule has 0 fully saturated rings. The summed E-state index contributed by atoms with van der Waals surface area (Å²) in [6.07, 6.45) is 5.62. The van der Waals surface area contributed by atoms with Gasteiger partial charge in [-0.2, -0.15) is 0 Å². The van der Waals surface area contributed by atoms with Crippen LogP contribution in [0.4, 0.5) is 0 Å². The van der Waals surface area contributed by atoms with E-state index in [4.69, 9.17) is 4.99 Å². The van der Waals surface area contributed by atoms with E-state index in [1.807, 2.05) is 85.1 Å². The molecule has 0 spiro atoms. The molecule has 0 saturated carbocycles. The Balaban J connectivity index is 1.46. The van der Waals surface area contributed by atoms with Gasteiger partial charge in [0, 0.05) is 11.8 Å². The van der Waals surface area contributed by atoms with Crippen LogP contribution in [0, 0.1) is 0 Å². The molecule has 1 atom stereocenters. The minimum absolute atomic E-state index is 0.294. The normalized spacial score (nSPS) is 14.1. The SMILES string of the molecule is Oc1c2ccc(c1C=N[C@@H](Cc1ccccc1)C(O)(c1ccccc1)c1ccccc1)CCc1ccc(cc1)CC2. The van der Waals surface area contributed by atoms with Crippen LogP contribution in [-0.4, -0.2) is 22.5 Å². The number of aryl methyl sites for hydroxylation is 4. The average molecular weight is 538 g/mol. The predicted octanol–water partition coefficient (Wildman–Crippen LogP) is 7.24. The lowest BCUT2D eigenvalue weighted by molar-refractivity contribution is 0.0528. The number of rotatable bonds is 7. The molecule has 0 radical (unpaired) electrons. The Morgan fingerprint density at radius 1 is 0.610 bits per heavy atom. The first-order valence-electron chi connectivity index (χ1n) is 14.4. The second-order valence-corrected chi connectivity index (χ2v) is 10.9. The Bertz CT molecular complexity index is 1570. The van der Waals surface area contributed by atoms with Gasteiger partial charge >= 0.3 is 0 Å². The maximum atomic E-state index is 12.7. The molecular weight excluding hydrogens is 502 g/mol. The standard InChI is InChI=1S/C38H35NO2/c40-37-32-23-21-29-18-16-28(17-19-29)20-22-31(24-25-32)35(37)27-39-36(26-30-10-4-1-5-11-30)38(41,33-12-6-2-7-13-33)34-14-8-3-9-15-34/h1-19,24-25,27,36,40-41H,20-23,26H2/t36-/m0/s1. The van der Waals surface area contributed by atoms with E-state index >= 15 is 0 Å². The molecule has 4 bridgehead atoms. The monoisotopic (exact) mass is 537 g/mol. The van der Waals surface area contributed by atoms with E-state index in [0.29, 0.717) is 12.2 Å². The molecular formula is C38H35NO2. The third-order valence-electron chi connectivity index (χ3n) is 8.35. The molecule has 3 nitrogen and oxygen atoms in total. The third-order valence-corrected chi connectivity index (χ3v) is 8.35. The largest absolute Gasteiger partial charge is 0.507 e. The lowest BCUT2D eigenvalue weighted by atomic mass is 9.78. The lowest BCUT2D eigenvalue weighted by Crippen LogP contribution is -2.41. The number of benzene rings is 5. The molecule has 9 rings (SSSR count). The van der Waals surface area contributed by atoms with Crippen molar-refractivity contribution in [2.75, 3.05) is 0 Å². The molecule has 2 N–H and O–H groups in total. The number of aliphatic imine (C=N–C) groups is 1. The summed E-state index contributed by atoms with van der Waals surface area (Å²) >= 11 is 0. The van der Waals surface area contributed by atoms with Crippen LogP contribution in [-0.2, 0) is 37.7 Å². The van der Waals surface area contributed by atoms with Crippen LogP contribution >= 0.6 is 0 Å². The van der Waals surface area contributed by atoms with E-state index in [1.165, 1.54) is 11.1 Å². The molecule has 3 heteroatoms. The predicted molar refractivity (Wildman–Crippen MR) is 167 cm³/mol. The van der Waals surface area contributed by atoms with Crippen molar-refractivity contribution in [2.45, 2.75) is 43.7 Å². The highest BCUT2D eigenvalue weighted by Gasteiger charge is 2.40. The van der Waals surface area contributed by atoms with Crippen molar-refractivity contribution in [3.05, 3.63) is 172 Å². The summed E-state index contributed by atoms with van der Waals surface area (Å²) < 4.78 is 0. The van der Waals surface area contributed by atoms with Gasteiger partial charge < -0.3 is 10.2 Å². The number of phenolic OH excluding ortho intramolecular Hbond substituents is 1. The molecule has 5 aromatic rings. The zero-order valence-corrected chi connectivity index (χ0v) is 23.2. The Morgan fingerprint density at radius 2 is 1.10 bits per heavy atom. The minimum atomic E-state index is -1.38. The van der Waals surface area contributed by atoms with Gasteiger partial charge in [-0.1, -0.05) is 127 Å². The van der Waals surface area contributed by atoms with Crippen molar-refractivity contribution in [1.82, 2.24) is 0 Å². The highest BCUT2D eigenvalue weighted by Crippen LogP contribution is 2.37. The zero-order valence-electron chi connectivity index (χ0n) is 23.2. The fourth-order valence-corrected chi connectivity index (χ4v) is 5.94. The topological polar surface area (TPSA) is 52.8 Å². The van der Waals surface area contributed by atoms with Crippen molar-refractivity contribution in [3.63, 3.8) is 0 Å². The van der Waals surface area contributed by atoms with Crippen molar-refractivity contribution in [3.8, 4) is 5.75 Å². The van der Waals surface area contributed by atoms with Gasteiger partial charge in [0.1, 0.15) is 11.4 Å². The van der Waals surface area contributed by atoms with Crippen molar-refractivity contribution in [1.29, 1.82) is 0 Å². The molecule has 0 heterocycles. The second-order valence-electron chi connectivity index (χ2n) is 10.9. The number of aromatic hydroxyl groups is 1. The first-order chi connectivity index (χ1) is 20.1. The van der Waals surface area contributed by atoms with E-state index in [1.54, 1.807) is 0 Å². The molecule has 4 aliphatic rings. The van der Waals surface area contributed by atoms with E-state index in [9.17, 15) is 10.2 Å². The molecule has 0 aromatic heterocycles. The van der Waals surface area contributed by atoms with Gasteiger partial charge in [0.2, 0.25) is 0 Å². The minimum Gasteiger partial charge on any atom is -0.507 e. The summed E-state index contributed by atoms with van der Waals surface area (Å²) in [5, 5.41) is 24.2. The maximum absolute atomic E-state index is 12.7. The highest BCUT2D eigenvalue weighted by atomic mass is 16.3. The van der Waals surface area contributed by atoms with Gasteiger partial charge in [0.05, 0.1) is 6.04 Å². The van der Waals surface area contributed by atoms with Gasteiger partial charge in [-0.25, -0.2) is 0 Å². The molecule has 0 aliphatic heterocycles. The van der Waals surface area contributed by atoms with Crippen LogP contribution in [0.1, 0.15) is 44.5 Å². The summed E-state index contributed by atoms with van der Waals surface area (Å²) in [4.78, 5) is 5.15. The number of phenols is 1. The van der Waals surface area contributed by atoms with Crippen LogP contribution in [0.15, 0.2) is 132 Å². The fourth-order valence-electron chi connectivity index (χ4n) is 5.94. The molecule has 0 saturated heterocycles. The van der Waals surface area contributed by atoms with E-state index in [-0.39, 0.29) is 0 Å². The molecule has 0 amide bonds. The molecule has 4 aliphatic carbocycles. The summed E-state index contributed by atoms with van der Waals surface area (Å²) in [5.41, 5.74) is 6.55. The van der Waals surface area contributed by atoms with Gasteiger partial charge in [-0.05, 0) is 71.0 Å². The van der Waals surface area contributed by atoms with E-state index in [2.05, 4.69) is 48.5 Å². The molecule has 41 heavy (non-hydrogen) atoms. The first-order valence-corrected chi connectivity index (χ1v) is 14.4. The average Bonchev–Trinajstić information content (AvgIpc) is 3.02. The third kappa shape index (κ3) is 5.73. The van der Waals surface area contributed by atoms with Crippen LogP contribution in [0.2, 0.25) is 0 Å². The van der Waals surface area contributed by atoms with Gasteiger partial charge in [0.15, 0.2) is 0 Å². The van der Waals surface area contributed by atoms with Crippen LogP contribution in [0.5, 0.6) is 5.75 Å². The van der Waals surface area contributed by atoms with Gasteiger partial charge in [-0.15, -0.1) is 0 Å². The summed E-state index contributed by atoms with van der Waals surface area (Å²) in [6, 6.07) is 42.3. The van der Waals surface area contributed by atoms with Gasteiger partial charge in [0.25, 0.3) is 0 Å². The van der Waals surface area contributed by atoms with Crippen LogP contribution < -0.4 is 0 Å². The van der Waals surface area contributed by atoms with E-state index < -0.39 is 11.6 Å². The maximum Gasteiger partial charge on any atom is 0.137 e. The number of hydrogen-bond acceptors (Lipinski definition) is 3. The molecule has 0 unspecified atom stereocenters. The zero-order chi connectivity index (χ0) is 28.1. The number of aliphatic hydroxyl groups is 1. The summed E-state index contributed by atoms with van der Waals surface area (Å²) in [7, 11) is 0. The highest BCUT2D eigenvalue weighted by molar-refractivity contribution is 5.86. The van der Waals surface area contributed by atoms with Crippen molar-refractivity contribution >= 4 is 6.21 Å². The Morgan fingerprint density at radius 3 is 1.66 bits per heavy atom. The van der Waals surface area contributed by atoms with Crippen LogP contribution in [0.3, 0.4) is 0 Å². The van der Waals surface area contributed by atoms with Gasteiger partial charge in [-0.3, -0.25) is 4.99 Å². The molecule has 5 aromatic carbocycles. The van der Waals surface area contributed by atoms with Crippen molar-refractivity contribution < 1.29 is 10.2 Å². The summed E-state index contributed by atoms with van der Waals surface area (Å²) in [5.74, 6) is 0.294. The Kier molecular flexibility index (Phi) is 7.80. The van der Waals surface area contributed by atoms with Crippen LogP contribution in [0.25, 0.3) is 0 Å². The van der Waals surface area contributed by atoms with Crippen molar-refractivity contribution in [2.24, 2.45) is 4.99 Å². The Labute approximate surface area is 242 Å². The smallest absolute Gasteiger partial charge is 0.137 e. The second kappa shape index (κ2) is 12.0. The number of hydrogen-bond donors (Lipinski definition) is 2. The number of nitrogens with zero attached hydrogens (tertiary/aromatic N) is 1. The Hall–Kier alpha value is -4.47. The molecule has 204 valence electrons. The van der Waals surface area contributed by atoms with E-state index in [0.717, 1.165) is 59.1 Å². The quantitative estimate of drug-likeness (QED) is 0.215.